The molecular weight excluding hydrogens is 338 g/mol. The summed E-state index contributed by atoms with van der Waals surface area (Å²) in [5.41, 5.74) is 5.50. The molecule has 0 spiro atoms. The van der Waals surface area contributed by atoms with Gasteiger partial charge in [0.25, 0.3) is 0 Å². The van der Waals surface area contributed by atoms with Crippen molar-refractivity contribution in [3.05, 3.63) is 101 Å². The fraction of sp³-hybridized carbons (Fsp3) is 0.280. The van der Waals surface area contributed by atoms with E-state index in [0.29, 0.717) is 22.6 Å². The molecule has 0 atom stereocenters. The van der Waals surface area contributed by atoms with Gasteiger partial charge in [-0.2, -0.15) is 0 Å². The summed E-state index contributed by atoms with van der Waals surface area (Å²) >= 11 is 0. The van der Waals surface area contributed by atoms with Crippen molar-refractivity contribution in [1.29, 1.82) is 0 Å². The zero-order valence-corrected chi connectivity index (χ0v) is 16.7. The predicted molar refractivity (Wildman–Crippen MR) is 112 cm³/mol. The lowest BCUT2D eigenvalue weighted by Gasteiger charge is -2.16. The third kappa shape index (κ3) is 4.82. The average molecular weight is 366 g/mol. The van der Waals surface area contributed by atoms with Gasteiger partial charge in [-0.25, -0.2) is 8.78 Å². The summed E-state index contributed by atoms with van der Waals surface area (Å²) in [6.45, 7) is 14.9. The molecular formula is C25H28F2. The van der Waals surface area contributed by atoms with Crippen LogP contribution in [0.1, 0.15) is 44.7 Å². The van der Waals surface area contributed by atoms with Gasteiger partial charge in [0.15, 0.2) is 0 Å². The normalized spacial score (nSPS) is 16.3. The zero-order chi connectivity index (χ0) is 20.1. The number of halogens is 2. The third-order valence-electron chi connectivity index (χ3n) is 5.13. The SMILES string of the molecule is C=CC(C=C)=C/C(=C(C)/C(C)=C(\C(F)=C/C)c1ccc(C)c(F)c1)C1CC1. The monoisotopic (exact) mass is 366 g/mol. The Balaban J connectivity index is 2.72. The third-order valence-corrected chi connectivity index (χ3v) is 5.13. The van der Waals surface area contributed by atoms with Gasteiger partial charge in [0, 0.05) is 5.57 Å². The molecule has 0 saturated heterocycles. The van der Waals surface area contributed by atoms with Crippen LogP contribution in [0.15, 0.2) is 83.8 Å². The van der Waals surface area contributed by atoms with Gasteiger partial charge in [-0.1, -0.05) is 49.6 Å². The lowest BCUT2D eigenvalue weighted by molar-refractivity contribution is 0.617. The molecule has 1 aromatic rings. The molecule has 0 nitrogen and oxygen atoms in total. The summed E-state index contributed by atoms with van der Waals surface area (Å²) in [5, 5.41) is 0. The lowest BCUT2D eigenvalue weighted by Crippen LogP contribution is -1.98. The van der Waals surface area contributed by atoms with Crippen LogP contribution in [0.4, 0.5) is 8.78 Å². The molecule has 2 rings (SSSR count). The van der Waals surface area contributed by atoms with Crippen LogP contribution in [0, 0.1) is 18.7 Å². The van der Waals surface area contributed by atoms with Gasteiger partial charge >= 0.3 is 0 Å². The Hall–Kier alpha value is -2.48. The van der Waals surface area contributed by atoms with Crippen LogP contribution >= 0.6 is 0 Å². The largest absolute Gasteiger partial charge is 0.207 e. The van der Waals surface area contributed by atoms with Crippen LogP contribution in [-0.4, -0.2) is 0 Å². The molecule has 142 valence electrons. The maximum Gasteiger partial charge on any atom is 0.127 e. The molecule has 2 heteroatoms. The van der Waals surface area contributed by atoms with Crippen LogP contribution in [-0.2, 0) is 0 Å². The van der Waals surface area contributed by atoms with E-state index in [1.165, 1.54) is 17.7 Å². The molecule has 0 radical (unpaired) electrons. The molecule has 0 bridgehead atoms. The fourth-order valence-electron chi connectivity index (χ4n) is 3.14. The van der Waals surface area contributed by atoms with E-state index in [2.05, 4.69) is 19.2 Å². The minimum Gasteiger partial charge on any atom is -0.207 e. The number of hydrogen-bond donors (Lipinski definition) is 0. The average Bonchev–Trinajstić information content (AvgIpc) is 3.50. The van der Waals surface area contributed by atoms with Crippen molar-refractivity contribution in [1.82, 2.24) is 0 Å². The van der Waals surface area contributed by atoms with E-state index >= 15 is 0 Å². The molecule has 0 aliphatic heterocycles. The minimum absolute atomic E-state index is 0.328. The maximum atomic E-state index is 14.8. The number of rotatable bonds is 7. The van der Waals surface area contributed by atoms with E-state index in [1.807, 2.05) is 13.8 Å². The van der Waals surface area contributed by atoms with Gasteiger partial charge in [0.1, 0.15) is 11.6 Å². The van der Waals surface area contributed by atoms with Crippen molar-refractivity contribution in [3.8, 4) is 0 Å². The molecule has 27 heavy (non-hydrogen) atoms. The number of allylic oxidation sites excluding steroid dienone is 10. The fourth-order valence-corrected chi connectivity index (χ4v) is 3.14. The van der Waals surface area contributed by atoms with E-state index in [9.17, 15) is 8.78 Å². The summed E-state index contributed by atoms with van der Waals surface area (Å²) in [4.78, 5) is 0. The maximum absolute atomic E-state index is 14.8. The standard InChI is InChI=1S/C25H28F2/c1-7-19(8-2)14-22(20-12-13-20)17(5)18(6)25(23(26)9-3)21-11-10-16(4)24(27)15-21/h7-11,14-15,20H,1-2,12-13H2,3-6H3/b22-17-,23-9+,25-18-. The van der Waals surface area contributed by atoms with Gasteiger partial charge in [-0.05, 0) is 85.9 Å². The molecule has 1 aliphatic carbocycles. The first kappa shape index (κ1) is 20.8. The smallest absolute Gasteiger partial charge is 0.127 e. The number of aryl methyl sites for hydroxylation is 1. The second-order valence-electron chi connectivity index (χ2n) is 7.01. The van der Waals surface area contributed by atoms with Crippen molar-refractivity contribution >= 4 is 5.57 Å². The highest BCUT2D eigenvalue weighted by atomic mass is 19.1. The molecule has 0 amide bonds. The van der Waals surface area contributed by atoms with Crippen LogP contribution < -0.4 is 0 Å². The van der Waals surface area contributed by atoms with Crippen LogP contribution in [0.5, 0.6) is 0 Å². The van der Waals surface area contributed by atoms with E-state index in [-0.39, 0.29) is 11.6 Å². The van der Waals surface area contributed by atoms with E-state index in [1.54, 1.807) is 38.1 Å². The summed E-state index contributed by atoms with van der Waals surface area (Å²) < 4.78 is 28.9. The first-order valence-corrected chi connectivity index (χ1v) is 9.31. The van der Waals surface area contributed by atoms with Crippen molar-refractivity contribution < 1.29 is 8.78 Å². The van der Waals surface area contributed by atoms with E-state index < -0.39 is 0 Å². The zero-order valence-electron chi connectivity index (χ0n) is 16.7. The van der Waals surface area contributed by atoms with Gasteiger partial charge in [-0.3, -0.25) is 0 Å². The highest BCUT2D eigenvalue weighted by Gasteiger charge is 2.27. The molecule has 1 aliphatic rings. The minimum atomic E-state index is -0.345. The van der Waals surface area contributed by atoms with Crippen molar-refractivity contribution in [2.45, 2.75) is 40.5 Å². The van der Waals surface area contributed by atoms with E-state index in [4.69, 9.17) is 0 Å². The number of hydrogen-bond acceptors (Lipinski definition) is 0. The van der Waals surface area contributed by atoms with Crippen LogP contribution in [0.2, 0.25) is 0 Å². The molecule has 0 heterocycles. The molecule has 0 unspecified atom stereocenters. The summed E-state index contributed by atoms with van der Waals surface area (Å²) in [6, 6.07) is 4.88. The highest BCUT2D eigenvalue weighted by Crippen LogP contribution is 2.42. The Morgan fingerprint density at radius 2 is 1.74 bits per heavy atom. The van der Waals surface area contributed by atoms with Gasteiger partial charge < -0.3 is 0 Å². The van der Waals surface area contributed by atoms with Crippen molar-refractivity contribution in [2.75, 3.05) is 0 Å². The molecule has 0 N–H and O–H groups in total. The highest BCUT2D eigenvalue weighted by molar-refractivity contribution is 5.82. The van der Waals surface area contributed by atoms with Gasteiger partial charge in [-0.15, -0.1) is 0 Å². The van der Waals surface area contributed by atoms with E-state index in [0.717, 1.165) is 29.6 Å². The first-order valence-electron chi connectivity index (χ1n) is 9.31. The quantitative estimate of drug-likeness (QED) is 0.432. The predicted octanol–water partition coefficient (Wildman–Crippen LogP) is 7.81. The Morgan fingerprint density at radius 1 is 1.11 bits per heavy atom. The van der Waals surface area contributed by atoms with Crippen LogP contribution in [0.25, 0.3) is 5.57 Å². The Morgan fingerprint density at radius 3 is 2.22 bits per heavy atom. The van der Waals surface area contributed by atoms with Crippen LogP contribution in [0.3, 0.4) is 0 Å². The Kier molecular flexibility index (Phi) is 6.90. The topological polar surface area (TPSA) is 0 Å². The van der Waals surface area contributed by atoms with Crippen molar-refractivity contribution in [3.63, 3.8) is 0 Å². The lowest BCUT2D eigenvalue weighted by atomic mass is 9.90. The summed E-state index contributed by atoms with van der Waals surface area (Å²) in [7, 11) is 0. The Labute approximate surface area is 162 Å². The summed E-state index contributed by atoms with van der Waals surface area (Å²) in [5.74, 6) is -0.201. The second-order valence-corrected chi connectivity index (χ2v) is 7.01. The second kappa shape index (κ2) is 8.94. The molecule has 1 saturated carbocycles. The van der Waals surface area contributed by atoms with Gasteiger partial charge in [0.05, 0.1) is 0 Å². The first-order chi connectivity index (χ1) is 12.8. The molecule has 0 aromatic heterocycles. The van der Waals surface area contributed by atoms with Crippen molar-refractivity contribution in [2.24, 2.45) is 5.92 Å². The number of benzene rings is 1. The summed E-state index contributed by atoms with van der Waals surface area (Å²) in [6.07, 6.45) is 9.29. The molecule has 1 aromatic carbocycles. The van der Waals surface area contributed by atoms with Gasteiger partial charge in [0.2, 0.25) is 0 Å². The molecule has 1 fully saturated rings. The Bertz CT molecular complexity index is 862.